The standard InChI is InChI=1S/C22H21NO5/c1-2-3-4-6-14-9-11-15(12-10-14)21(25)23-17-8-5-7-16-18(24)13-19(22(26)27)28-20(16)17/h5,7-13H,2-4,6H2,1H3,(H,23,25)(H,26,27). The first-order valence-electron chi connectivity index (χ1n) is 9.20. The lowest BCUT2D eigenvalue weighted by atomic mass is 10.0. The first-order chi connectivity index (χ1) is 13.5. The molecule has 0 atom stereocenters. The number of aromatic carboxylic acids is 1. The number of unbranched alkanes of at least 4 members (excludes halogenated alkanes) is 2. The van der Waals surface area contributed by atoms with Crippen LogP contribution in [-0.4, -0.2) is 17.0 Å². The zero-order chi connectivity index (χ0) is 20.1. The Labute approximate surface area is 161 Å². The van der Waals surface area contributed by atoms with Crippen LogP contribution in [0.2, 0.25) is 0 Å². The third kappa shape index (κ3) is 4.28. The molecule has 28 heavy (non-hydrogen) atoms. The third-order valence-corrected chi connectivity index (χ3v) is 4.50. The van der Waals surface area contributed by atoms with E-state index in [-0.39, 0.29) is 22.6 Å². The molecule has 6 nitrogen and oxygen atoms in total. The summed E-state index contributed by atoms with van der Waals surface area (Å²) in [5.41, 5.74) is 1.44. The normalized spacial score (nSPS) is 10.8. The highest BCUT2D eigenvalue weighted by atomic mass is 16.4. The Hall–Kier alpha value is -3.41. The number of para-hydroxylation sites is 1. The van der Waals surface area contributed by atoms with Gasteiger partial charge < -0.3 is 14.8 Å². The first-order valence-corrected chi connectivity index (χ1v) is 9.20. The van der Waals surface area contributed by atoms with Crippen LogP contribution < -0.4 is 10.7 Å². The predicted molar refractivity (Wildman–Crippen MR) is 107 cm³/mol. The number of amides is 1. The minimum absolute atomic E-state index is 0.0388. The van der Waals surface area contributed by atoms with Crippen molar-refractivity contribution in [2.24, 2.45) is 0 Å². The Morgan fingerprint density at radius 2 is 1.82 bits per heavy atom. The fourth-order valence-corrected chi connectivity index (χ4v) is 2.98. The number of carboxylic acid groups (broad SMARTS) is 1. The Kier molecular flexibility index (Phi) is 5.89. The molecule has 2 aromatic carbocycles. The molecular weight excluding hydrogens is 358 g/mol. The first kappa shape index (κ1) is 19.4. The van der Waals surface area contributed by atoms with E-state index in [1.807, 2.05) is 12.1 Å². The van der Waals surface area contributed by atoms with E-state index in [4.69, 9.17) is 9.52 Å². The highest BCUT2D eigenvalue weighted by Crippen LogP contribution is 2.23. The summed E-state index contributed by atoms with van der Waals surface area (Å²) >= 11 is 0. The van der Waals surface area contributed by atoms with Crippen LogP contribution in [0, 0.1) is 0 Å². The number of fused-ring (bicyclic) bond motifs is 1. The van der Waals surface area contributed by atoms with E-state index < -0.39 is 17.2 Å². The SMILES string of the molecule is CCCCCc1ccc(C(=O)Nc2cccc3c(=O)cc(C(=O)O)oc23)cc1. The molecule has 1 aromatic heterocycles. The number of anilines is 1. The second kappa shape index (κ2) is 8.52. The molecule has 0 bridgehead atoms. The van der Waals surface area contributed by atoms with Crippen molar-refractivity contribution in [1.29, 1.82) is 0 Å². The second-order valence-corrected chi connectivity index (χ2v) is 6.57. The molecule has 0 fully saturated rings. The van der Waals surface area contributed by atoms with Crippen LogP contribution in [0.3, 0.4) is 0 Å². The number of aryl methyl sites for hydroxylation is 1. The molecule has 6 heteroatoms. The maximum atomic E-state index is 12.6. The van der Waals surface area contributed by atoms with E-state index in [0.717, 1.165) is 25.3 Å². The molecule has 0 saturated carbocycles. The summed E-state index contributed by atoms with van der Waals surface area (Å²) in [7, 11) is 0. The van der Waals surface area contributed by atoms with Crippen molar-refractivity contribution in [2.45, 2.75) is 32.6 Å². The average molecular weight is 379 g/mol. The highest BCUT2D eigenvalue weighted by Gasteiger charge is 2.15. The lowest BCUT2D eigenvalue weighted by Gasteiger charge is -2.09. The Bertz CT molecular complexity index is 1070. The molecule has 0 radical (unpaired) electrons. The van der Waals surface area contributed by atoms with Gasteiger partial charge in [-0.2, -0.15) is 0 Å². The third-order valence-electron chi connectivity index (χ3n) is 4.50. The quantitative estimate of drug-likeness (QED) is 0.590. The van der Waals surface area contributed by atoms with Crippen molar-refractivity contribution >= 4 is 28.5 Å². The van der Waals surface area contributed by atoms with E-state index in [2.05, 4.69) is 12.2 Å². The molecule has 0 unspecified atom stereocenters. The summed E-state index contributed by atoms with van der Waals surface area (Å²) in [5.74, 6) is -2.19. The second-order valence-electron chi connectivity index (χ2n) is 6.57. The van der Waals surface area contributed by atoms with Crippen LogP contribution in [0.4, 0.5) is 5.69 Å². The van der Waals surface area contributed by atoms with Gasteiger partial charge in [0.25, 0.3) is 5.91 Å². The number of carboxylic acids is 1. The van der Waals surface area contributed by atoms with E-state index in [1.54, 1.807) is 24.3 Å². The topological polar surface area (TPSA) is 96.6 Å². The van der Waals surface area contributed by atoms with Crippen LogP contribution in [0.25, 0.3) is 11.0 Å². The Morgan fingerprint density at radius 1 is 1.07 bits per heavy atom. The van der Waals surface area contributed by atoms with Crippen LogP contribution in [-0.2, 0) is 6.42 Å². The lowest BCUT2D eigenvalue weighted by Crippen LogP contribution is -2.13. The zero-order valence-electron chi connectivity index (χ0n) is 15.5. The molecule has 0 aliphatic rings. The Morgan fingerprint density at radius 3 is 2.50 bits per heavy atom. The van der Waals surface area contributed by atoms with Crippen molar-refractivity contribution in [3.63, 3.8) is 0 Å². The summed E-state index contributed by atoms with van der Waals surface area (Å²) in [6, 6.07) is 13.0. The summed E-state index contributed by atoms with van der Waals surface area (Å²) < 4.78 is 5.33. The monoisotopic (exact) mass is 379 g/mol. The van der Waals surface area contributed by atoms with Crippen molar-refractivity contribution in [1.82, 2.24) is 0 Å². The van der Waals surface area contributed by atoms with E-state index in [1.165, 1.54) is 18.1 Å². The summed E-state index contributed by atoms with van der Waals surface area (Å²) in [6.45, 7) is 2.15. The van der Waals surface area contributed by atoms with Gasteiger partial charge in [0, 0.05) is 11.6 Å². The molecule has 1 amide bonds. The van der Waals surface area contributed by atoms with Crippen LogP contribution >= 0.6 is 0 Å². The van der Waals surface area contributed by atoms with Gasteiger partial charge in [-0.3, -0.25) is 9.59 Å². The van der Waals surface area contributed by atoms with Gasteiger partial charge in [0.15, 0.2) is 11.0 Å². The van der Waals surface area contributed by atoms with Crippen LogP contribution in [0.1, 0.15) is 52.7 Å². The maximum absolute atomic E-state index is 12.6. The van der Waals surface area contributed by atoms with Gasteiger partial charge in [0.2, 0.25) is 5.76 Å². The largest absolute Gasteiger partial charge is 0.475 e. The minimum Gasteiger partial charge on any atom is -0.475 e. The van der Waals surface area contributed by atoms with Gasteiger partial charge >= 0.3 is 5.97 Å². The number of benzene rings is 2. The van der Waals surface area contributed by atoms with Crippen molar-refractivity contribution < 1.29 is 19.1 Å². The molecule has 0 aliphatic heterocycles. The maximum Gasteiger partial charge on any atom is 0.371 e. The summed E-state index contributed by atoms with van der Waals surface area (Å²) in [4.78, 5) is 35.9. The van der Waals surface area contributed by atoms with Gasteiger partial charge in [0.05, 0.1) is 11.1 Å². The molecule has 3 rings (SSSR count). The molecule has 2 N–H and O–H groups in total. The van der Waals surface area contributed by atoms with Gasteiger partial charge in [0.1, 0.15) is 0 Å². The van der Waals surface area contributed by atoms with Crippen molar-refractivity contribution in [3.8, 4) is 0 Å². The molecule has 0 saturated heterocycles. The fraction of sp³-hybridized carbons (Fsp3) is 0.227. The van der Waals surface area contributed by atoms with Gasteiger partial charge in [-0.05, 0) is 42.7 Å². The zero-order valence-corrected chi connectivity index (χ0v) is 15.5. The molecule has 144 valence electrons. The molecule has 0 spiro atoms. The smallest absolute Gasteiger partial charge is 0.371 e. The number of nitrogens with one attached hydrogen (secondary N) is 1. The van der Waals surface area contributed by atoms with Crippen molar-refractivity contribution in [3.05, 3.63) is 75.6 Å². The average Bonchev–Trinajstić information content (AvgIpc) is 2.69. The fourth-order valence-electron chi connectivity index (χ4n) is 2.98. The number of carbonyl (C=O) groups is 2. The van der Waals surface area contributed by atoms with Gasteiger partial charge in [-0.1, -0.05) is 38.0 Å². The summed E-state index contributed by atoms with van der Waals surface area (Å²) in [5, 5.41) is 12.0. The molecule has 0 aliphatic carbocycles. The Balaban J connectivity index is 1.85. The van der Waals surface area contributed by atoms with Crippen molar-refractivity contribution in [2.75, 3.05) is 5.32 Å². The number of hydrogen-bond acceptors (Lipinski definition) is 4. The molecule has 3 aromatic rings. The number of rotatable bonds is 7. The van der Waals surface area contributed by atoms with Crippen LogP contribution in [0.15, 0.2) is 57.7 Å². The molecular formula is C22H21NO5. The van der Waals surface area contributed by atoms with E-state index in [9.17, 15) is 14.4 Å². The number of hydrogen-bond donors (Lipinski definition) is 2. The molecule has 1 heterocycles. The van der Waals surface area contributed by atoms with Gasteiger partial charge in [-0.25, -0.2) is 4.79 Å². The van der Waals surface area contributed by atoms with Crippen LogP contribution in [0.5, 0.6) is 0 Å². The van der Waals surface area contributed by atoms with E-state index in [0.29, 0.717) is 5.56 Å². The summed E-state index contributed by atoms with van der Waals surface area (Å²) in [6.07, 6.45) is 4.42. The minimum atomic E-state index is -1.35. The number of carbonyl (C=O) groups excluding carboxylic acids is 1. The van der Waals surface area contributed by atoms with E-state index >= 15 is 0 Å². The highest BCUT2D eigenvalue weighted by molar-refractivity contribution is 6.08. The lowest BCUT2D eigenvalue weighted by molar-refractivity contribution is 0.0663. The van der Waals surface area contributed by atoms with Gasteiger partial charge in [-0.15, -0.1) is 0 Å². The predicted octanol–water partition coefficient (Wildman–Crippen LogP) is 4.48.